The molecule has 0 atom stereocenters. The number of nitrogens with two attached hydrogens (primary N) is 1. The standard InChI is InChI=1S/C11H20N4/c1-9(2)14-7-10-3-4-11(15-8-10)13-6-5-12/h3-4,8-9,14H,5-7,12H2,1-2H3,(H,13,15). The molecule has 1 aromatic heterocycles. The van der Waals surface area contributed by atoms with Gasteiger partial charge in [-0.2, -0.15) is 0 Å². The van der Waals surface area contributed by atoms with Gasteiger partial charge in [-0.15, -0.1) is 0 Å². The molecule has 0 saturated heterocycles. The van der Waals surface area contributed by atoms with Crippen LogP contribution in [0.15, 0.2) is 18.3 Å². The average Bonchev–Trinajstić information content (AvgIpc) is 2.25. The number of aromatic nitrogens is 1. The minimum Gasteiger partial charge on any atom is -0.369 e. The summed E-state index contributed by atoms with van der Waals surface area (Å²) in [6, 6.07) is 4.55. The van der Waals surface area contributed by atoms with Crippen molar-refractivity contribution < 1.29 is 0 Å². The molecule has 0 aromatic carbocycles. The van der Waals surface area contributed by atoms with Crippen LogP contribution in [0.2, 0.25) is 0 Å². The molecule has 0 fully saturated rings. The first-order valence-corrected chi connectivity index (χ1v) is 5.34. The Labute approximate surface area is 91.3 Å². The second-order valence-corrected chi connectivity index (χ2v) is 3.80. The Bertz CT molecular complexity index is 268. The summed E-state index contributed by atoms with van der Waals surface area (Å²) in [6.07, 6.45) is 1.88. The number of rotatable bonds is 6. The highest BCUT2D eigenvalue weighted by atomic mass is 15.0. The van der Waals surface area contributed by atoms with Gasteiger partial charge in [0.05, 0.1) is 0 Å². The lowest BCUT2D eigenvalue weighted by Gasteiger charge is -2.08. The quantitative estimate of drug-likeness (QED) is 0.651. The number of nitrogens with one attached hydrogen (secondary N) is 2. The fraction of sp³-hybridized carbons (Fsp3) is 0.545. The van der Waals surface area contributed by atoms with Gasteiger partial charge in [-0.3, -0.25) is 0 Å². The zero-order valence-corrected chi connectivity index (χ0v) is 9.46. The Morgan fingerprint density at radius 3 is 2.73 bits per heavy atom. The van der Waals surface area contributed by atoms with E-state index < -0.39 is 0 Å². The van der Waals surface area contributed by atoms with Crippen molar-refractivity contribution in [3.63, 3.8) is 0 Å². The molecule has 0 unspecified atom stereocenters. The van der Waals surface area contributed by atoms with Crippen LogP contribution in [0.1, 0.15) is 19.4 Å². The van der Waals surface area contributed by atoms with Gasteiger partial charge in [-0.05, 0) is 11.6 Å². The lowest BCUT2D eigenvalue weighted by Crippen LogP contribution is -2.21. The predicted molar refractivity (Wildman–Crippen MR) is 63.8 cm³/mol. The van der Waals surface area contributed by atoms with E-state index in [1.165, 1.54) is 5.56 Å². The molecule has 1 aromatic rings. The number of nitrogens with zero attached hydrogens (tertiary/aromatic N) is 1. The molecular weight excluding hydrogens is 188 g/mol. The second kappa shape index (κ2) is 6.37. The predicted octanol–water partition coefficient (Wildman–Crippen LogP) is 0.950. The van der Waals surface area contributed by atoms with Gasteiger partial charge < -0.3 is 16.4 Å². The van der Waals surface area contributed by atoms with Crippen LogP contribution in [-0.2, 0) is 6.54 Å². The van der Waals surface area contributed by atoms with Crippen LogP contribution in [0.3, 0.4) is 0 Å². The Morgan fingerprint density at radius 2 is 2.20 bits per heavy atom. The third-order valence-corrected chi connectivity index (χ3v) is 1.99. The van der Waals surface area contributed by atoms with Crippen molar-refractivity contribution in [2.24, 2.45) is 5.73 Å². The lowest BCUT2D eigenvalue weighted by atomic mass is 10.2. The van der Waals surface area contributed by atoms with E-state index in [1.54, 1.807) is 0 Å². The van der Waals surface area contributed by atoms with E-state index in [2.05, 4.69) is 35.5 Å². The minimum atomic E-state index is 0.500. The van der Waals surface area contributed by atoms with Gasteiger partial charge in [0.1, 0.15) is 5.82 Å². The molecule has 0 aliphatic heterocycles. The van der Waals surface area contributed by atoms with E-state index in [0.29, 0.717) is 12.6 Å². The SMILES string of the molecule is CC(C)NCc1ccc(NCCN)nc1. The van der Waals surface area contributed by atoms with Crippen LogP contribution >= 0.6 is 0 Å². The van der Waals surface area contributed by atoms with Gasteiger partial charge in [0.15, 0.2) is 0 Å². The third kappa shape index (κ3) is 4.76. The third-order valence-electron chi connectivity index (χ3n) is 1.99. The molecule has 0 bridgehead atoms. The van der Waals surface area contributed by atoms with Crippen LogP contribution in [-0.4, -0.2) is 24.1 Å². The molecule has 0 radical (unpaired) electrons. The van der Waals surface area contributed by atoms with E-state index in [1.807, 2.05) is 12.3 Å². The van der Waals surface area contributed by atoms with Crippen molar-refractivity contribution in [3.05, 3.63) is 23.9 Å². The summed E-state index contributed by atoms with van der Waals surface area (Å²) >= 11 is 0. The fourth-order valence-corrected chi connectivity index (χ4v) is 1.16. The van der Waals surface area contributed by atoms with E-state index in [-0.39, 0.29) is 0 Å². The van der Waals surface area contributed by atoms with E-state index in [0.717, 1.165) is 18.9 Å². The first-order valence-electron chi connectivity index (χ1n) is 5.34. The number of anilines is 1. The normalized spacial score (nSPS) is 10.7. The topological polar surface area (TPSA) is 63.0 Å². The first-order chi connectivity index (χ1) is 7.22. The molecule has 0 aliphatic rings. The van der Waals surface area contributed by atoms with E-state index >= 15 is 0 Å². The summed E-state index contributed by atoms with van der Waals surface area (Å²) in [7, 11) is 0. The Kier molecular flexibility index (Phi) is 5.07. The number of pyridine rings is 1. The summed E-state index contributed by atoms with van der Waals surface area (Å²) in [6.45, 7) is 6.51. The first kappa shape index (κ1) is 11.9. The largest absolute Gasteiger partial charge is 0.369 e. The summed E-state index contributed by atoms with van der Waals surface area (Å²) in [4.78, 5) is 4.29. The summed E-state index contributed by atoms with van der Waals surface area (Å²) in [5.74, 6) is 0.883. The zero-order chi connectivity index (χ0) is 11.1. The van der Waals surface area contributed by atoms with Crippen LogP contribution in [0.5, 0.6) is 0 Å². The minimum absolute atomic E-state index is 0.500. The maximum absolute atomic E-state index is 5.39. The smallest absolute Gasteiger partial charge is 0.125 e. The monoisotopic (exact) mass is 208 g/mol. The van der Waals surface area contributed by atoms with Crippen LogP contribution in [0, 0.1) is 0 Å². The van der Waals surface area contributed by atoms with Gasteiger partial charge in [-0.1, -0.05) is 19.9 Å². The van der Waals surface area contributed by atoms with Gasteiger partial charge >= 0.3 is 0 Å². The molecule has 1 heterocycles. The van der Waals surface area contributed by atoms with Crippen molar-refractivity contribution in [2.45, 2.75) is 26.4 Å². The highest BCUT2D eigenvalue weighted by molar-refractivity contribution is 5.35. The molecule has 15 heavy (non-hydrogen) atoms. The molecular formula is C11H20N4. The second-order valence-electron chi connectivity index (χ2n) is 3.80. The molecule has 0 spiro atoms. The fourth-order valence-electron chi connectivity index (χ4n) is 1.16. The Morgan fingerprint density at radius 1 is 1.40 bits per heavy atom. The van der Waals surface area contributed by atoms with Crippen molar-refractivity contribution in [3.8, 4) is 0 Å². The van der Waals surface area contributed by atoms with Crippen LogP contribution < -0.4 is 16.4 Å². The molecule has 4 heteroatoms. The molecule has 1 rings (SSSR count). The van der Waals surface area contributed by atoms with E-state index in [9.17, 15) is 0 Å². The molecule has 4 nitrogen and oxygen atoms in total. The molecule has 0 aliphatic carbocycles. The Balaban J connectivity index is 2.41. The Hall–Kier alpha value is -1.13. The lowest BCUT2D eigenvalue weighted by molar-refractivity contribution is 0.588. The van der Waals surface area contributed by atoms with Crippen molar-refractivity contribution in [2.75, 3.05) is 18.4 Å². The van der Waals surface area contributed by atoms with Crippen molar-refractivity contribution in [1.82, 2.24) is 10.3 Å². The van der Waals surface area contributed by atoms with Crippen molar-refractivity contribution in [1.29, 1.82) is 0 Å². The zero-order valence-electron chi connectivity index (χ0n) is 9.46. The van der Waals surface area contributed by atoms with Crippen LogP contribution in [0.4, 0.5) is 5.82 Å². The van der Waals surface area contributed by atoms with Gasteiger partial charge in [0, 0.05) is 31.9 Å². The average molecular weight is 208 g/mol. The molecule has 0 saturated carbocycles. The van der Waals surface area contributed by atoms with Gasteiger partial charge in [0.25, 0.3) is 0 Å². The summed E-state index contributed by atoms with van der Waals surface area (Å²) in [5, 5.41) is 6.47. The van der Waals surface area contributed by atoms with Crippen LogP contribution in [0.25, 0.3) is 0 Å². The molecule has 4 N–H and O–H groups in total. The van der Waals surface area contributed by atoms with Crippen molar-refractivity contribution >= 4 is 5.82 Å². The highest BCUT2D eigenvalue weighted by Crippen LogP contribution is 2.04. The number of hydrogen-bond acceptors (Lipinski definition) is 4. The number of hydrogen-bond donors (Lipinski definition) is 3. The van der Waals surface area contributed by atoms with Gasteiger partial charge in [-0.25, -0.2) is 4.98 Å². The summed E-state index contributed by atoms with van der Waals surface area (Å²) < 4.78 is 0. The maximum Gasteiger partial charge on any atom is 0.125 e. The highest BCUT2D eigenvalue weighted by Gasteiger charge is 1.96. The van der Waals surface area contributed by atoms with Gasteiger partial charge in [0.2, 0.25) is 0 Å². The molecule has 0 amide bonds. The van der Waals surface area contributed by atoms with E-state index in [4.69, 9.17) is 5.73 Å². The summed E-state index contributed by atoms with van der Waals surface area (Å²) in [5.41, 5.74) is 6.58. The maximum atomic E-state index is 5.39. The molecule has 84 valence electrons.